The van der Waals surface area contributed by atoms with E-state index >= 15 is 0 Å². The molecule has 0 bridgehead atoms. The molecule has 0 amide bonds. The topological polar surface area (TPSA) is 114 Å². The molecule has 0 fully saturated rings. The van der Waals surface area contributed by atoms with E-state index in [0.717, 1.165) is 0 Å². The van der Waals surface area contributed by atoms with Gasteiger partial charge < -0.3 is 33.1 Å². The molecule has 0 radical (unpaired) electrons. The third kappa shape index (κ3) is 131. The van der Waals surface area contributed by atoms with E-state index in [1.165, 1.54) is 5.40 Å². The maximum absolute atomic E-state index is 8.44. The van der Waals surface area contributed by atoms with Crippen molar-refractivity contribution in [1.29, 1.82) is 5.26 Å². The molecule has 11 heavy (non-hydrogen) atoms. The molecule has 0 heterocycles. The van der Waals surface area contributed by atoms with Crippen LogP contribution in [0.3, 0.4) is 0 Å². The van der Waals surface area contributed by atoms with Gasteiger partial charge in [0.1, 0.15) is 0 Å². The Kier molecular flexibility index (Phi) is 123. The number of carbonyl (C=O) groups is 1. The molecular formula is C2H2K3NO4S. The summed E-state index contributed by atoms with van der Waals surface area (Å²) in [6.07, 6.45) is -2.08. The first-order valence-electron chi connectivity index (χ1n) is 1.06. The van der Waals surface area contributed by atoms with Crippen LogP contribution in [0.25, 0.3) is 0 Å². The average Bonchev–Trinajstić information content (AvgIpc) is 1.33. The van der Waals surface area contributed by atoms with Crippen LogP contribution < -0.4 is 159 Å². The second-order valence-corrected chi connectivity index (χ2v) is 0.540. The Morgan fingerprint density at radius 2 is 1.45 bits per heavy atom. The standard InChI is InChI=1S/CHNS.CH2O3.3K.H2O/c2-1-3;2-1(3)4;;;;/h3H;(H2,2,3,4);;;;1H2/q;;3*+1;/p-3. The Balaban J connectivity index is -0.00000000848. The van der Waals surface area contributed by atoms with E-state index in [0.29, 0.717) is 0 Å². The SMILES string of the molecule is N#C[S-].O=C([O-])O.[K+].[K+].[K+].[OH-]. The molecule has 0 rings (SSSR count). The summed E-state index contributed by atoms with van der Waals surface area (Å²) in [6, 6.07) is 0. The predicted molar refractivity (Wildman–Crippen MR) is 22.9 cm³/mol. The Labute approximate surface area is 198 Å². The van der Waals surface area contributed by atoms with Crippen molar-refractivity contribution >= 4 is 18.8 Å². The molecule has 0 atom stereocenters. The fraction of sp³-hybridized carbons (Fsp3) is 0. The largest absolute Gasteiger partial charge is 1.00 e. The second-order valence-electron chi connectivity index (χ2n) is 0.357. The molecule has 0 saturated heterocycles. The Morgan fingerprint density at radius 1 is 1.45 bits per heavy atom. The summed E-state index contributed by atoms with van der Waals surface area (Å²) in [5, 5.41) is 23.8. The van der Waals surface area contributed by atoms with Crippen molar-refractivity contribution in [3.05, 3.63) is 0 Å². The number of thiocyanates is 1. The van der Waals surface area contributed by atoms with E-state index in [9.17, 15) is 0 Å². The van der Waals surface area contributed by atoms with E-state index in [4.69, 9.17) is 20.3 Å². The zero-order valence-electron chi connectivity index (χ0n) is 6.57. The third-order valence-corrected chi connectivity index (χ3v) is 0. The maximum atomic E-state index is 8.44. The minimum absolute atomic E-state index is 0. The Hall–Kier alpha value is 3.85. The molecule has 0 aromatic rings. The van der Waals surface area contributed by atoms with Crippen molar-refractivity contribution in [2.45, 2.75) is 0 Å². The summed E-state index contributed by atoms with van der Waals surface area (Å²) in [4.78, 5) is 8.44. The van der Waals surface area contributed by atoms with Crippen molar-refractivity contribution < 1.29 is 175 Å². The summed E-state index contributed by atoms with van der Waals surface area (Å²) >= 11 is 3.70. The van der Waals surface area contributed by atoms with Gasteiger partial charge in [0, 0.05) is 0 Å². The van der Waals surface area contributed by atoms with Gasteiger partial charge in [0.15, 0.2) is 0 Å². The number of hydrogen-bond acceptors (Lipinski definition) is 5. The quantitative estimate of drug-likeness (QED) is 0.260. The molecule has 0 spiro atoms. The van der Waals surface area contributed by atoms with Crippen molar-refractivity contribution in [2.24, 2.45) is 0 Å². The molecule has 2 N–H and O–H groups in total. The fourth-order valence-electron chi connectivity index (χ4n) is 0. The van der Waals surface area contributed by atoms with Crippen molar-refractivity contribution in [1.82, 2.24) is 0 Å². The zero-order valence-corrected chi connectivity index (χ0v) is 16.8. The van der Waals surface area contributed by atoms with Gasteiger partial charge in [-0.1, -0.05) is 5.40 Å². The van der Waals surface area contributed by atoms with E-state index in [2.05, 4.69) is 12.6 Å². The predicted octanol–water partition coefficient (Wildman–Crippen LogP) is -10.3. The molecule has 9 heteroatoms. The van der Waals surface area contributed by atoms with Crippen LogP contribution in [0.5, 0.6) is 0 Å². The zero-order chi connectivity index (χ0) is 6.28. The van der Waals surface area contributed by atoms with Crippen molar-refractivity contribution in [2.75, 3.05) is 0 Å². The molecule has 0 aromatic heterocycles. The minimum atomic E-state index is -2.08. The molecule has 48 valence electrons. The third-order valence-electron chi connectivity index (χ3n) is 0. The van der Waals surface area contributed by atoms with Crippen LogP contribution in [0.15, 0.2) is 0 Å². The van der Waals surface area contributed by atoms with Crippen molar-refractivity contribution in [3.8, 4) is 5.40 Å². The number of carboxylic acid groups (broad SMARTS) is 2. The summed E-state index contributed by atoms with van der Waals surface area (Å²) in [5.41, 5.74) is 0. The minimum Gasteiger partial charge on any atom is -0.870 e. The van der Waals surface area contributed by atoms with Crippen molar-refractivity contribution in [3.63, 3.8) is 0 Å². The molecule has 0 aliphatic rings. The molecule has 0 unspecified atom stereocenters. The fourth-order valence-corrected chi connectivity index (χ4v) is 0. The number of rotatable bonds is 0. The van der Waals surface area contributed by atoms with E-state index < -0.39 is 6.16 Å². The summed E-state index contributed by atoms with van der Waals surface area (Å²) in [7, 11) is 0. The number of hydrogen-bond donors (Lipinski definition) is 1. The second kappa shape index (κ2) is 37.1. The van der Waals surface area contributed by atoms with Gasteiger partial charge in [0.05, 0.1) is 0 Å². The first-order chi connectivity index (χ1) is 3.15. The molecule has 0 saturated carbocycles. The van der Waals surface area contributed by atoms with Crippen LogP contribution in [0.4, 0.5) is 4.79 Å². The van der Waals surface area contributed by atoms with E-state index in [1.807, 2.05) is 0 Å². The maximum Gasteiger partial charge on any atom is 1.00 e. The summed E-state index contributed by atoms with van der Waals surface area (Å²) < 4.78 is 0. The van der Waals surface area contributed by atoms with Crippen LogP contribution in [-0.2, 0) is 12.6 Å². The van der Waals surface area contributed by atoms with Crippen LogP contribution in [0.2, 0.25) is 0 Å². The number of nitriles is 1. The van der Waals surface area contributed by atoms with Gasteiger partial charge in [-0.2, -0.15) is 0 Å². The van der Waals surface area contributed by atoms with Crippen LogP contribution in [0.1, 0.15) is 0 Å². The van der Waals surface area contributed by atoms with Gasteiger partial charge in [0.25, 0.3) is 0 Å². The molecule has 5 nitrogen and oxygen atoms in total. The van der Waals surface area contributed by atoms with Gasteiger partial charge >= 0.3 is 154 Å². The van der Waals surface area contributed by atoms with Crippen LogP contribution in [-0.4, -0.2) is 16.7 Å². The van der Waals surface area contributed by atoms with Crippen LogP contribution in [0, 0.1) is 10.7 Å². The Bertz CT molecular complexity index is 91.8. The summed E-state index contributed by atoms with van der Waals surface area (Å²) in [6.45, 7) is 0. The number of nitrogens with zero attached hydrogens (tertiary/aromatic N) is 1. The normalized spacial score (nSPS) is 2.82. The first-order valence-corrected chi connectivity index (χ1v) is 1.47. The molecule has 0 aliphatic carbocycles. The van der Waals surface area contributed by atoms with Gasteiger partial charge in [-0.15, -0.1) is 0 Å². The van der Waals surface area contributed by atoms with Gasteiger partial charge in [-0.3, -0.25) is 0 Å². The van der Waals surface area contributed by atoms with E-state index in [-0.39, 0.29) is 160 Å². The van der Waals surface area contributed by atoms with Crippen LogP contribution >= 0.6 is 0 Å². The Morgan fingerprint density at radius 3 is 1.45 bits per heavy atom. The molecule has 0 aromatic carbocycles. The average molecular weight is 253 g/mol. The monoisotopic (exact) mass is 253 g/mol. The summed E-state index contributed by atoms with van der Waals surface area (Å²) in [5.74, 6) is 0. The van der Waals surface area contributed by atoms with Gasteiger partial charge in [0.2, 0.25) is 6.16 Å². The smallest absolute Gasteiger partial charge is 0.870 e. The molecular weight excluding hydrogens is 251 g/mol. The van der Waals surface area contributed by atoms with Gasteiger partial charge in [-0.25, -0.2) is 5.26 Å². The van der Waals surface area contributed by atoms with Gasteiger partial charge in [-0.05, 0) is 0 Å². The first kappa shape index (κ1) is 36.4. The van der Waals surface area contributed by atoms with E-state index in [1.54, 1.807) is 0 Å². The molecule has 0 aliphatic heterocycles.